The average Bonchev–Trinajstić information content (AvgIpc) is 2.37. The van der Waals surface area contributed by atoms with Crippen molar-refractivity contribution in [2.75, 3.05) is 20.2 Å². The van der Waals surface area contributed by atoms with Gasteiger partial charge in [0.2, 0.25) is 0 Å². The molecule has 0 aliphatic rings. The Morgan fingerprint density at radius 2 is 2.22 bits per heavy atom. The zero-order valence-electron chi connectivity index (χ0n) is 11.4. The molecule has 0 spiro atoms. The minimum absolute atomic E-state index is 0.251. The van der Waals surface area contributed by atoms with E-state index in [0.29, 0.717) is 17.7 Å². The summed E-state index contributed by atoms with van der Waals surface area (Å²) < 4.78 is 18.9. The number of hydrogen-bond donors (Lipinski definition) is 1. The summed E-state index contributed by atoms with van der Waals surface area (Å²) in [5, 5.41) is 3.26. The van der Waals surface area contributed by atoms with Gasteiger partial charge in [-0.1, -0.05) is 30.7 Å². The van der Waals surface area contributed by atoms with E-state index in [1.807, 2.05) is 13.0 Å². The van der Waals surface area contributed by atoms with Gasteiger partial charge in [0.25, 0.3) is 0 Å². The number of ether oxygens (including phenoxy) is 1. The number of benzene rings is 1. The molecule has 0 aliphatic carbocycles. The van der Waals surface area contributed by atoms with E-state index in [2.05, 4.69) is 18.3 Å². The Morgan fingerprint density at radius 3 is 2.89 bits per heavy atom. The third kappa shape index (κ3) is 4.49. The number of rotatable bonds is 7. The first-order chi connectivity index (χ1) is 8.69. The lowest BCUT2D eigenvalue weighted by Crippen LogP contribution is -2.13. The molecule has 2 nitrogen and oxygen atoms in total. The largest absolute Gasteiger partial charge is 0.494 e. The van der Waals surface area contributed by atoms with E-state index >= 15 is 0 Å². The van der Waals surface area contributed by atoms with Crippen LogP contribution in [0.25, 0.3) is 0 Å². The van der Waals surface area contributed by atoms with Crippen molar-refractivity contribution in [3.05, 3.63) is 41.2 Å². The van der Waals surface area contributed by atoms with Crippen molar-refractivity contribution in [3.63, 3.8) is 0 Å². The summed E-state index contributed by atoms with van der Waals surface area (Å²) >= 11 is 0. The second-order valence-corrected chi connectivity index (χ2v) is 4.30. The quantitative estimate of drug-likeness (QED) is 0.593. The minimum atomic E-state index is -0.251. The predicted molar refractivity (Wildman–Crippen MR) is 73.6 cm³/mol. The van der Waals surface area contributed by atoms with E-state index < -0.39 is 0 Å². The van der Waals surface area contributed by atoms with Crippen molar-refractivity contribution in [3.8, 4) is 5.75 Å². The molecule has 0 radical (unpaired) electrons. The molecular weight excluding hydrogens is 229 g/mol. The van der Waals surface area contributed by atoms with Crippen LogP contribution in [0.4, 0.5) is 4.39 Å². The van der Waals surface area contributed by atoms with E-state index in [-0.39, 0.29) is 5.82 Å². The molecular formula is C15H22FNO. The van der Waals surface area contributed by atoms with Crippen LogP contribution < -0.4 is 10.1 Å². The molecule has 0 saturated heterocycles. The highest BCUT2D eigenvalue weighted by Gasteiger charge is 2.08. The van der Waals surface area contributed by atoms with Crippen molar-refractivity contribution in [1.29, 1.82) is 0 Å². The van der Waals surface area contributed by atoms with Crippen LogP contribution >= 0.6 is 0 Å². The van der Waals surface area contributed by atoms with Crippen LogP contribution in [0.2, 0.25) is 0 Å². The van der Waals surface area contributed by atoms with E-state index in [0.717, 1.165) is 19.5 Å². The summed E-state index contributed by atoms with van der Waals surface area (Å²) in [4.78, 5) is 0. The van der Waals surface area contributed by atoms with Crippen LogP contribution in [0.3, 0.4) is 0 Å². The number of halogens is 1. The Balaban J connectivity index is 2.61. The lowest BCUT2D eigenvalue weighted by atomic mass is 10.0. The van der Waals surface area contributed by atoms with Crippen LogP contribution in [0, 0.1) is 5.82 Å². The highest BCUT2D eigenvalue weighted by Crippen LogP contribution is 2.22. The summed E-state index contributed by atoms with van der Waals surface area (Å²) in [5.74, 6) is 0.0624. The zero-order valence-corrected chi connectivity index (χ0v) is 11.4. The second-order valence-electron chi connectivity index (χ2n) is 4.30. The smallest absolute Gasteiger partial charge is 0.168 e. The van der Waals surface area contributed by atoms with Gasteiger partial charge in [-0.3, -0.25) is 0 Å². The summed E-state index contributed by atoms with van der Waals surface area (Å²) in [5.41, 5.74) is 1.87. The molecule has 0 fully saturated rings. The molecule has 0 atom stereocenters. The van der Waals surface area contributed by atoms with Crippen molar-refractivity contribution >= 4 is 0 Å². The fourth-order valence-electron chi connectivity index (χ4n) is 1.82. The summed E-state index contributed by atoms with van der Waals surface area (Å²) in [6.07, 6.45) is 3.77. The topological polar surface area (TPSA) is 21.3 Å². The highest BCUT2D eigenvalue weighted by atomic mass is 19.1. The van der Waals surface area contributed by atoms with Gasteiger partial charge in [-0.2, -0.15) is 0 Å². The van der Waals surface area contributed by atoms with Crippen molar-refractivity contribution in [1.82, 2.24) is 5.32 Å². The van der Waals surface area contributed by atoms with E-state index in [4.69, 9.17) is 4.74 Å². The molecule has 1 rings (SSSR count). The molecule has 1 N–H and O–H groups in total. The van der Waals surface area contributed by atoms with E-state index in [1.54, 1.807) is 12.1 Å². The van der Waals surface area contributed by atoms with Crippen LogP contribution in [-0.2, 0) is 6.42 Å². The molecule has 1 aromatic rings. The third-order valence-corrected chi connectivity index (χ3v) is 2.80. The summed E-state index contributed by atoms with van der Waals surface area (Å²) in [7, 11) is 1.49. The Labute approximate surface area is 109 Å². The lowest BCUT2D eigenvalue weighted by Gasteiger charge is -2.07. The first-order valence-corrected chi connectivity index (χ1v) is 6.36. The standard InChI is InChI=1S/C15H22FNO/c1-4-17-10-6-7-12(2)11-13-8-5-9-14(18-3)15(13)16/h5,7-9,17H,4,6,10-11H2,1-3H3/b12-7-. The van der Waals surface area contributed by atoms with Gasteiger partial charge in [-0.05, 0) is 44.5 Å². The van der Waals surface area contributed by atoms with Crippen molar-refractivity contribution in [2.45, 2.75) is 26.7 Å². The number of allylic oxidation sites excluding steroid dienone is 1. The highest BCUT2D eigenvalue weighted by molar-refractivity contribution is 5.33. The molecule has 0 aliphatic heterocycles. The SMILES string of the molecule is CCNCC/C=C(/C)Cc1cccc(OC)c1F. The fourth-order valence-corrected chi connectivity index (χ4v) is 1.82. The molecule has 0 aromatic heterocycles. The molecule has 0 amide bonds. The molecule has 0 bridgehead atoms. The lowest BCUT2D eigenvalue weighted by molar-refractivity contribution is 0.384. The minimum Gasteiger partial charge on any atom is -0.494 e. The summed E-state index contributed by atoms with van der Waals surface area (Å²) in [6.45, 7) is 6.07. The first kappa shape index (κ1) is 14.7. The normalized spacial score (nSPS) is 11.7. The Hall–Kier alpha value is -1.35. The molecule has 3 heteroatoms. The molecule has 0 heterocycles. The van der Waals surface area contributed by atoms with Gasteiger partial charge in [0.15, 0.2) is 11.6 Å². The van der Waals surface area contributed by atoms with Gasteiger partial charge in [0.05, 0.1) is 7.11 Å². The van der Waals surface area contributed by atoms with E-state index in [1.165, 1.54) is 12.7 Å². The first-order valence-electron chi connectivity index (χ1n) is 6.36. The molecule has 100 valence electrons. The van der Waals surface area contributed by atoms with Crippen LogP contribution in [-0.4, -0.2) is 20.2 Å². The van der Waals surface area contributed by atoms with Crippen molar-refractivity contribution < 1.29 is 9.13 Å². The molecule has 0 unspecified atom stereocenters. The third-order valence-electron chi connectivity index (χ3n) is 2.80. The Bertz CT molecular complexity index is 401. The van der Waals surface area contributed by atoms with Gasteiger partial charge in [-0.15, -0.1) is 0 Å². The maximum atomic E-state index is 13.9. The predicted octanol–water partition coefficient (Wildman–Crippen LogP) is 3.32. The molecule has 18 heavy (non-hydrogen) atoms. The van der Waals surface area contributed by atoms with E-state index in [9.17, 15) is 4.39 Å². The van der Waals surface area contributed by atoms with Crippen LogP contribution in [0.1, 0.15) is 25.8 Å². The number of hydrogen-bond acceptors (Lipinski definition) is 2. The van der Waals surface area contributed by atoms with Gasteiger partial charge in [0, 0.05) is 0 Å². The van der Waals surface area contributed by atoms with Gasteiger partial charge >= 0.3 is 0 Å². The monoisotopic (exact) mass is 251 g/mol. The Kier molecular flexibility index (Phi) is 6.44. The van der Waals surface area contributed by atoms with Gasteiger partial charge in [-0.25, -0.2) is 4.39 Å². The zero-order chi connectivity index (χ0) is 13.4. The molecule has 0 saturated carbocycles. The van der Waals surface area contributed by atoms with Crippen LogP contribution in [0.5, 0.6) is 5.75 Å². The van der Waals surface area contributed by atoms with Crippen LogP contribution in [0.15, 0.2) is 29.8 Å². The Morgan fingerprint density at radius 1 is 1.44 bits per heavy atom. The molecule has 1 aromatic carbocycles. The summed E-state index contributed by atoms with van der Waals surface area (Å²) in [6, 6.07) is 5.27. The maximum absolute atomic E-state index is 13.9. The average molecular weight is 251 g/mol. The van der Waals surface area contributed by atoms with Gasteiger partial charge in [0.1, 0.15) is 0 Å². The fraction of sp³-hybridized carbons (Fsp3) is 0.467. The van der Waals surface area contributed by atoms with Crippen molar-refractivity contribution in [2.24, 2.45) is 0 Å². The second kappa shape index (κ2) is 7.88. The number of methoxy groups -OCH3 is 1. The maximum Gasteiger partial charge on any atom is 0.168 e. The van der Waals surface area contributed by atoms with Gasteiger partial charge < -0.3 is 10.1 Å². The number of nitrogens with one attached hydrogen (secondary N) is 1.